The Morgan fingerprint density at radius 1 is 0.562 bits per heavy atom. The van der Waals surface area contributed by atoms with Crippen LogP contribution in [-0.2, 0) is 0 Å². The lowest BCUT2D eigenvalue weighted by molar-refractivity contribution is -0.00000362. The Kier molecular flexibility index (Phi) is 14.9. The Morgan fingerprint density at radius 3 is 1.31 bits per heavy atom. The molecule has 0 aliphatic heterocycles. The Labute approximate surface area is 115 Å². The fourth-order valence-electron chi connectivity index (χ4n) is 2.79. The van der Waals surface area contributed by atoms with Crippen LogP contribution in [0.2, 0.25) is 0 Å². The van der Waals surface area contributed by atoms with Gasteiger partial charge in [0.1, 0.15) is 0 Å². The largest absolute Gasteiger partial charge is 1.00 e. The van der Waals surface area contributed by atoms with Gasteiger partial charge in [0.25, 0.3) is 0 Å². The van der Waals surface area contributed by atoms with Gasteiger partial charge in [0.15, 0.2) is 0 Å². The summed E-state index contributed by atoms with van der Waals surface area (Å²) in [5.41, 5.74) is 0. The first-order valence-corrected chi connectivity index (χ1v) is 9.62. The van der Waals surface area contributed by atoms with Gasteiger partial charge >= 0.3 is 0 Å². The van der Waals surface area contributed by atoms with E-state index in [9.17, 15) is 0 Å². The summed E-state index contributed by atoms with van der Waals surface area (Å²) in [7, 11) is -0.526. The number of rotatable bonds is 10. The number of hydrogen-bond acceptors (Lipinski definition) is 0. The molecule has 0 saturated heterocycles. The normalized spacial score (nSPS) is 11.2. The van der Waals surface area contributed by atoms with Crippen molar-refractivity contribution in [3.8, 4) is 0 Å². The molecule has 0 aliphatic carbocycles. The van der Waals surface area contributed by atoms with Crippen molar-refractivity contribution in [2.45, 2.75) is 66.2 Å². The van der Waals surface area contributed by atoms with Crippen LogP contribution in [0.3, 0.4) is 0 Å². The maximum Gasteiger partial charge on any atom is 0.0594 e. The summed E-state index contributed by atoms with van der Waals surface area (Å²) in [6.07, 6.45) is 14.9. The molecule has 100 valence electrons. The summed E-state index contributed by atoms with van der Waals surface area (Å²) in [4.78, 5) is 0. The Balaban J connectivity index is 0. The fraction of sp³-hybridized carbons (Fsp3) is 1.00. The summed E-state index contributed by atoms with van der Waals surface area (Å²) in [5.74, 6) is 0. The first-order valence-electron chi connectivity index (χ1n) is 7.09. The SMILES string of the molecule is CCCCC[P+](CCC)(CCC)CCC.[Br-]. The molecule has 0 rings (SSSR count). The van der Waals surface area contributed by atoms with E-state index < -0.39 is 7.26 Å². The second-order valence-corrected chi connectivity index (χ2v) is 9.42. The van der Waals surface area contributed by atoms with Gasteiger partial charge in [-0.05, 0) is 25.7 Å². The molecule has 0 N–H and O–H groups in total. The van der Waals surface area contributed by atoms with Crippen LogP contribution in [0.1, 0.15) is 66.2 Å². The van der Waals surface area contributed by atoms with Crippen LogP contribution in [0.25, 0.3) is 0 Å². The van der Waals surface area contributed by atoms with Gasteiger partial charge in [0, 0.05) is 7.26 Å². The van der Waals surface area contributed by atoms with Crippen LogP contribution in [-0.4, -0.2) is 24.6 Å². The minimum atomic E-state index is -0.526. The van der Waals surface area contributed by atoms with Gasteiger partial charge in [-0.2, -0.15) is 0 Å². The summed E-state index contributed by atoms with van der Waals surface area (Å²) in [6, 6.07) is 0. The highest BCUT2D eigenvalue weighted by Gasteiger charge is 2.33. The highest BCUT2D eigenvalue weighted by atomic mass is 79.9. The fourth-order valence-corrected chi connectivity index (χ4v) is 7.87. The van der Waals surface area contributed by atoms with Crippen LogP contribution >= 0.6 is 7.26 Å². The molecule has 0 amide bonds. The highest BCUT2D eigenvalue weighted by Crippen LogP contribution is 2.60. The molecule has 0 heterocycles. The molecular weight excluding hydrogens is 279 g/mol. The standard InChI is InChI=1S/C14H32P.BrH/c1-5-9-10-14-15(11-6-2,12-7-3)13-8-4;/h5-14H2,1-4H3;1H/q+1;/p-1. The van der Waals surface area contributed by atoms with Crippen molar-refractivity contribution in [3.63, 3.8) is 0 Å². The van der Waals surface area contributed by atoms with E-state index in [1.165, 1.54) is 38.5 Å². The van der Waals surface area contributed by atoms with Crippen molar-refractivity contribution in [2.24, 2.45) is 0 Å². The second-order valence-electron chi connectivity index (χ2n) is 4.94. The number of unbranched alkanes of at least 4 members (excludes halogenated alkanes) is 2. The molecule has 0 radical (unpaired) electrons. The first kappa shape index (κ1) is 19.3. The lowest BCUT2D eigenvalue weighted by Crippen LogP contribution is -3.00. The number of halogens is 1. The molecule has 0 aromatic heterocycles. The molecule has 0 unspecified atom stereocenters. The van der Waals surface area contributed by atoms with Gasteiger partial charge in [0.05, 0.1) is 24.6 Å². The average Bonchev–Trinajstić information content (AvgIpc) is 2.19. The van der Waals surface area contributed by atoms with Crippen molar-refractivity contribution >= 4 is 7.26 Å². The zero-order chi connectivity index (χ0) is 11.6. The maximum absolute atomic E-state index is 2.37. The van der Waals surface area contributed by atoms with Crippen LogP contribution < -0.4 is 17.0 Å². The third kappa shape index (κ3) is 8.07. The summed E-state index contributed by atoms with van der Waals surface area (Å²) < 4.78 is 0. The van der Waals surface area contributed by atoms with E-state index >= 15 is 0 Å². The Hall–Kier alpha value is 0.910. The summed E-state index contributed by atoms with van der Waals surface area (Å²) in [5, 5.41) is 0. The van der Waals surface area contributed by atoms with Crippen molar-refractivity contribution in [3.05, 3.63) is 0 Å². The van der Waals surface area contributed by atoms with E-state index in [0.29, 0.717) is 0 Å². The molecular formula is C14H32BrP. The third-order valence-electron chi connectivity index (χ3n) is 3.33. The Morgan fingerprint density at radius 2 is 1.00 bits per heavy atom. The maximum atomic E-state index is 2.37. The van der Waals surface area contributed by atoms with Gasteiger partial charge in [-0.1, -0.05) is 40.5 Å². The molecule has 2 heteroatoms. The molecule has 0 fully saturated rings. The van der Waals surface area contributed by atoms with Crippen molar-refractivity contribution < 1.29 is 17.0 Å². The monoisotopic (exact) mass is 310 g/mol. The van der Waals surface area contributed by atoms with E-state index in [-0.39, 0.29) is 17.0 Å². The van der Waals surface area contributed by atoms with E-state index in [1.54, 1.807) is 24.6 Å². The van der Waals surface area contributed by atoms with Crippen LogP contribution in [0.15, 0.2) is 0 Å². The van der Waals surface area contributed by atoms with Crippen LogP contribution in [0.5, 0.6) is 0 Å². The molecule has 0 bridgehead atoms. The minimum Gasteiger partial charge on any atom is -1.00 e. The minimum absolute atomic E-state index is 0. The molecule has 0 aliphatic rings. The lowest BCUT2D eigenvalue weighted by atomic mass is 10.3. The van der Waals surface area contributed by atoms with E-state index in [4.69, 9.17) is 0 Å². The van der Waals surface area contributed by atoms with Gasteiger partial charge in [-0.3, -0.25) is 0 Å². The van der Waals surface area contributed by atoms with Crippen LogP contribution in [0.4, 0.5) is 0 Å². The highest BCUT2D eigenvalue weighted by molar-refractivity contribution is 7.75. The lowest BCUT2D eigenvalue weighted by Gasteiger charge is -2.26. The zero-order valence-corrected chi connectivity index (χ0v) is 14.4. The van der Waals surface area contributed by atoms with Crippen molar-refractivity contribution in [1.82, 2.24) is 0 Å². The van der Waals surface area contributed by atoms with Gasteiger partial charge < -0.3 is 17.0 Å². The molecule has 0 aromatic rings. The molecule has 0 aromatic carbocycles. The topological polar surface area (TPSA) is 0 Å². The van der Waals surface area contributed by atoms with E-state index in [0.717, 1.165) is 0 Å². The van der Waals surface area contributed by atoms with Gasteiger partial charge in [-0.25, -0.2) is 0 Å². The van der Waals surface area contributed by atoms with Crippen molar-refractivity contribution in [1.29, 1.82) is 0 Å². The summed E-state index contributed by atoms with van der Waals surface area (Å²) in [6.45, 7) is 9.44. The zero-order valence-electron chi connectivity index (χ0n) is 11.9. The quantitative estimate of drug-likeness (QED) is 0.429. The molecule has 0 spiro atoms. The van der Waals surface area contributed by atoms with E-state index in [2.05, 4.69) is 27.7 Å². The van der Waals surface area contributed by atoms with E-state index in [1.807, 2.05) is 0 Å². The van der Waals surface area contributed by atoms with Gasteiger partial charge in [0.2, 0.25) is 0 Å². The molecule has 0 nitrogen and oxygen atoms in total. The van der Waals surface area contributed by atoms with Crippen LogP contribution in [0, 0.1) is 0 Å². The molecule has 16 heavy (non-hydrogen) atoms. The molecule has 0 saturated carbocycles. The second kappa shape index (κ2) is 12.4. The first-order chi connectivity index (χ1) is 7.24. The number of hydrogen-bond donors (Lipinski definition) is 0. The molecule has 0 atom stereocenters. The Bertz CT molecular complexity index is 120. The predicted molar refractivity (Wildman–Crippen MR) is 76.8 cm³/mol. The third-order valence-corrected chi connectivity index (χ3v) is 8.78. The van der Waals surface area contributed by atoms with Crippen molar-refractivity contribution in [2.75, 3.05) is 24.6 Å². The summed E-state index contributed by atoms with van der Waals surface area (Å²) >= 11 is 0. The predicted octanol–water partition coefficient (Wildman–Crippen LogP) is 2.43. The van der Waals surface area contributed by atoms with Gasteiger partial charge in [-0.15, -0.1) is 0 Å². The smallest absolute Gasteiger partial charge is 0.0594 e. The average molecular weight is 311 g/mol.